The van der Waals surface area contributed by atoms with Gasteiger partial charge in [0, 0.05) is 13.1 Å². The minimum absolute atomic E-state index is 0.0549. The van der Waals surface area contributed by atoms with E-state index >= 15 is 0 Å². The highest BCUT2D eigenvalue weighted by Gasteiger charge is 2.36. The molecule has 3 rings (SSSR count). The van der Waals surface area contributed by atoms with E-state index in [0.717, 1.165) is 25.8 Å². The summed E-state index contributed by atoms with van der Waals surface area (Å²) in [5, 5.41) is 10.1. The molecule has 3 nitrogen and oxygen atoms in total. The van der Waals surface area contributed by atoms with Gasteiger partial charge in [-0.3, -0.25) is 4.79 Å². The fourth-order valence-corrected chi connectivity index (χ4v) is 3.18. The molecule has 0 aromatic heterocycles. The number of hydrogen-bond donors (Lipinski definition) is 1. The summed E-state index contributed by atoms with van der Waals surface area (Å²) in [6, 6.07) is 8.20. The van der Waals surface area contributed by atoms with Crippen molar-refractivity contribution in [3.05, 3.63) is 35.4 Å². The van der Waals surface area contributed by atoms with Crippen LogP contribution in [0.15, 0.2) is 24.3 Å². The maximum atomic E-state index is 12.6. The standard InChI is InChI=1S/C16H21NO2/c1-16(19)7-4-9-17(10-8-16)15(18)14-11-12-5-2-3-6-13(12)14/h2-3,5-6,14,19H,4,7-11H2,1H3. The number of amides is 1. The van der Waals surface area contributed by atoms with Crippen molar-refractivity contribution in [3.8, 4) is 0 Å². The minimum atomic E-state index is -0.605. The Hall–Kier alpha value is -1.35. The lowest BCUT2D eigenvalue weighted by atomic mass is 9.77. The number of nitrogens with zero attached hydrogens (tertiary/aromatic N) is 1. The van der Waals surface area contributed by atoms with Gasteiger partial charge >= 0.3 is 0 Å². The number of likely N-dealkylation sites (tertiary alicyclic amines) is 1. The lowest BCUT2D eigenvalue weighted by Gasteiger charge is -2.33. The molecule has 1 aromatic rings. The molecule has 1 heterocycles. The lowest BCUT2D eigenvalue weighted by Crippen LogP contribution is -2.40. The van der Waals surface area contributed by atoms with E-state index in [9.17, 15) is 9.90 Å². The molecular weight excluding hydrogens is 238 g/mol. The van der Waals surface area contributed by atoms with Crippen molar-refractivity contribution in [1.29, 1.82) is 0 Å². The van der Waals surface area contributed by atoms with Crippen molar-refractivity contribution in [2.24, 2.45) is 0 Å². The average Bonchev–Trinajstić information content (AvgIpc) is 2.52. The van der Waals surface area contributed by atoms with Crippen LogP contribution in [0.25, 0.3) is 0 Å². The Labute approximate surface area is 114 Å². The van der Waals surface area contributed by atoms with Gasteiger partial charge in [-0.25, -0.2) is 0 Å². The van der Waals surface area contributed by atoms with Crippen molar-refractivity contribution in [1.82, 2.24) is 4.90 Å². The largest absolute Gasteiger partial charge is 0.390 e. The zero-order valence-electron chi connectivity index (χ0n) is 11.4. The fourth-order valence-electron chi connectivity index (χ4n) is 3.18. The molecule has 19 heavy (non-hydrogen) atoms. The lowest BCUT2D eigenvalue weighted by molar-refractivity contribution is -0.133. The predicted molar refractivity (Wildman–Crippen MR) is 73.9 cm³/mol. The summed E-state index contributed by atoms with van der Waals surface area (Å²) in [5.41, 5.74) is 1.90. The van der Waals surface area contributed by atoms with Gasteiger partial charge in [-0.2, -0.15) is 0 Å². The van der Waals surface area contributed by atoms with Crippen molar-refractivity contribution >= 4 is 5.91 Å². The summed E-state index contributed by atoms with van der Waals surface area (Å²) in [5.74, 6) is 0.302. The first kappa shape index (κ1) is 12.7. The SMILES string of the molecule is CC1(O)CCCN(C(=O)C2Cc3ccccc32)CC1. The molecule has 1 fully saturated rings. The predicted octanol–water partition coefficient (Wildman–Crippen LogP) is 2.09. The molecule has 1 aliphatic heterocycles. The maximum absolute atomic E-state index is 12.6. The van der Waals surface area contributed by atoms with Crippen LogP contribution >= 0.6 is 0 Å². The molecule has 0 radical (unpaired) electrons. The normalized spacial score (nSPS) is 30.2. The Bertz CT molecular complexity index is 495. The minimum Gasteiger partial charge on any atom is -0.390 e. The summed E-state index contributed by atoms with van der Waals surface area (Å²) >= 11 is 0. The Morgan fingerprint density at radius 2 is 2.11 bits per heavy atom. The quantitative estimate of drug-likeness (QED) is 0.839. The second kappa shape index (κ2) is 4.64. The van der Waals surface area contributed by atoms with E-state index < -0.39 is 5.60 Å². The molecule has 0 spiro atoms. The Kier molecular flexibility index (Phi) is 3.09. The van der Waals surface area contributed by atoms with Gasteiger partial charge in [0.15, 0.2) is 0 Å². The molecule has 1 aliphatic carbocycles. The number of hydrogen-bond acceptors (Lipinski definition) is 2. The van der Waals surface area contributed by atoms with Gasteiger partial charge in [0.25, 0.3) is 0 Å². The highest BCUT2D eigenvalue weighted by Crippen LogP contribution is 2.36. The Morgan fingerprint density at radius 1 is 1.32 bits per heavy atom. The number of benzene rings is 1. The van der Waals surface area contributed by atoms with Crippen LogP contribution < -0.4 is 0 Å². The zero-order valence-corrected chi connectivity index (χ0v) is 11.4. The third-order valence-electron chi connectivity index (χ3n) is 4.53. The highest BCUT2D eigenvalue weighted by atomic mass is 16.3. The zero-order chi connectivity index (χ0) is 13.5. The summed E-state index contributed by atoms with van der Waals surface area (Å²) in [6.07, 6.45) is 3.25. The van der Waals surface area contributed by atoms with Gasteiger partial charge in [-0.15, -0.1) is 0 Å². The van der Waals surface area contributed by atoms with Crippen LogP contribution in [0.5, 0.6) is 0 Å². The average molecular weight is 259 g/mol. The first-order valence-corrected chi connectivity index (χ1v) is 7.16. The fraction of sp³-hybridized carbons (Fsp3) is 0.562. The first-order valence-electron chi connectivity index (χ1n) is 7.16. The molecule has 102 valence electrons. The van der Waals surface area contributed by atoms with Crippen LogP contribution in [0.4, 0.5) is 0 Å². The second-order valence-corrected chi connectivity index (χ2v) is 6.13. The van der Waals surface area contributed by atoms with Crippen molar-refractivity contribution in [3.63, 3.8) is 0 Å². The maximum Gasteiger partial charge on any atom is 0.230 e. The Morgan fingerprint density at radius 3 is 2.89 bits per heavy atom. The topological polar surface area (TPSA) is 40.5 Å². The molecule has 2 unspecified atom stereocenters. The van der Waals surface area contributed by atoms with E-state index in [2.05, 4.69) is 12.1 Å². The number of aliphatic hydroxyl groups is 1. The van der Waals surface area contributed by atoms with Crippen molar-refractivity contribution < 1.29 is 9.90 Å². The van der Waals surface area contributed by atoms with Gasteiger partial charge in [-0.05, 0) is 43.7 Å². The third-order valence-corrected chi connectivity index (χ3v) is 4.53. The van der Waals surface area contributed by atoms with E-state index in [1.807, 2.05) is 24.0 Å². The third kappa shape index (κ3) is 2.39. The second-order valence-electron chi connectivity index (χ2n) is 6.13. The molecule has 2 atom stereocenters. The summed E-state index contributed by atoms with van der Waals surface area (Å²) < 4.78 is 0. The first-order chi connectivity index (χ1) is 9.07. The molecule has 2 aliphatic rings. The monoisotopic (exact) mass is 259 g/mol. The van der Waals surface area contributed by atoms with E-state index in [0.29, 0.717) is 13.0 Å². The molecule has 0 bridgehead atoms. The van der Waals surface area contributed by atoms with Crippen LogP contribution in [0.3, 0.4) is 0 Å². The highest BCUT2D eigenvalue weighted by molar-refractivity contribution is 5.87. The van der Waals surface area contributed by atoms with Gasteiger partial charge in [0.1, 0.15) is 0 Å². The smallest absolute Gasteiger partial charge is 0.230 e. The van der Waals surface area contributed by atoms with E-state index in [1.54, 1.807) is 0 Å². The summed E-state index contributed by atoms with van der Waals surface area (Å²) in [7, 11) is 0. The molecular formula is C16H21NO2. The van der Waals surface area contributed by atoms with Crippen molar-refractivity contribution in [2.75, 3.05) is 13.1 Å². The van der Waals surface area contributed by atoms with Crippen LogP contribution in [0.1, 0.15) is 43.2 Å². The van der Waals surface area contributed by atoms with E-state index in [-0.39, 0.29) is 11.8 Å². The van der Waals surface area contributed by atoms with E-state index in [4.69, 9.17) is 0 Å². The number of carbonyl (C=O) groups is 1. The molecule has 1 aromatic carbocycles. The van der Waals surface area contributed by atoms with E-state index in [1.165, 1.54) is 11.1 Å². The number of carbonyl (C=O) groups excluding carboxylic acids is 1. The van der Waals surface area contributed by atoms with Gasteiger partial charge in [0.05, 0.1) is 11.5 Å². The molecule has 1 saturated heterocycles. The van der Waals surface area contributed by atoms with Crippen molar-refractivity contribution in [2.45, 2.75) is 44.1 Å². The van der Waals surface area contributed by atoms with Gasteiger partial charge < -0.3 is 10.0 Å². The summed E-state index contributed by atoms with van der Waals surface area (Å²) in [4.78, 5) is 14.5. The molecule has 1 N–H and O–H groups in total. The van der Waals surface area contributed by atoms with Crippen LogP contribution in [0, 0.1) is 0 Å². The van der Waals surface area contributed by atoms with Crippen LogP contribution in [-0.2, 0) is 11.2 Å². The van der Waals surface area contributed by atoms with Crippen LogP contribution in [0.2, 0.25) is 0 Å². The van der Waals surface area contributed by atoms with Gasteiger partial charge in [0.2, 0.25) is 5.91 Å². The van der Waals surface area contributed by atoms with Crippen LogP contribution in [-0.4, -0.2) is 34.6 Å². The molecule has 0 saturated carbocycles. The molecule has 1 amide bonds. The Balaban J connectivity index is 1.69. The van der Waals surface area contributed by atoms with Gasteiger partial charge in [-0.1, -0.05) is 24.3 Å². The number of rotatable bonds is 1. The number of fused-ring (bicyclic) bond motifs is 1. The summed E-state index contributed by atoms with van der Waals surface area (Å²) in [6.45, 7) is 3.35. The molecule has 3 heteroatoms.